The summed E-state index contributed by atoms with van der Waals surface area (Å²) in [5.74, 6) is -1.92. The van der Waals surface area contributed by atoms with E-state index in [-0.39, 0.29) is 6.61 Å². The molecule has 0 heterocycles. The molecule has 106 valence electrons. The number of benzene rings is 1. The first-order chi connectivity index (χ1) is 8.75. The lowest BCUT2D eigenvalue weighted by Gasteiger charge is -2.12. The topological polar surface area (TPSA) is 89.9 Å². The maximum Gasteiger partial charge on any atom is 0.465 e. The van der Waals surface area contributed by atoms with Gasteiger partial charge in [0.15, 0.2) is 0 Å². The minimum absolute atomic E-state index is 0.239. The van der Waals surface area contributed by atoms with Gasteiger partial charge < -0.3 is 9.47 Å². The van der Waals surface area contributed by atoms with Gasteiger partial charge in [0, 0.05) is 0 Å². The number of esters is 1. The first-order valence-electron chi connectivity index (χ1n) is 4.95. The fourth-order valence-electron chi connectivity index (χ4n) is 1.000. The van der Waals surface area contributed by atoms with Crippen LogP contribution < -0.4 is 4.74 Å². The maximum absolute atomic E-state index is 12.7. The molecule has 0 aliphatic heterocycles. The number of hydrogen-bond donors (Lipinski definition) is 1. The monoisotopic (exact) mass is 296 g/mol. The lowest BCUT2D eigenvalue weighted by molar-refractivity contribution is -0.162. The van der Waals surface area contributed by atoms with Crippen LogP contribution in [0.3, 0.4) is 0 Å². The Hall–Kier alpha value is -1.74. The molecule has 0 amide bonds. The molecular weight excluding hydrogens is 286 g/mol. The molecule has 0 saturated heterocycles. The molecule has 9 heteroatoms. The van der Waals surface area contributed by atoms with Gasteiger partial charge >= 0.3 is 21.3 Å². The van der Waals surface area contributed by atoms with Crippen molar-refractivity contribution >= 4 is 16.1 Å². The number of rotatable bonds is 6. The third-order valence-electron chi connectivity index (χ3n) is 1.89. The van der Waals surface area contributed by atoms with Gasteiger partial charge in [-0.2, -0.15) is 17.2 Å². The van der Waals surface area contributed by atoms with E-state index in [4.69, 9.17) is 9.29 Å². The molecule has 1 N–H and O–H groups in total. The molecule has 1 aromatic carbocycles. The third kappa shape index (κ3) is 4.14. The molecule has 0 aliphatic carbocycles. The normalized spacial score (nSPS) is 11.9. The molecule has 0 unspecified atom stereocenters. The fourth-order valence-corrected chi connectivity index (χ4v) is 1.27. The van der Waals surface area contributed by atoms with E-state index in [0.29, 0.717) is 5.75 Å². The van der Waals surface area contributed by atoms with Crippen LogP contribution in [0, 0.1) is 0 Å². The Kier molecular flexibility index (Phi) is 4.78. The Morgan fingerprint density at radius 2 is 1.79 bits per heavy atom. The molecular formula is C10H10F2O6S. The van der Waals surface area contributed by atoms with Crippen molar-refractivity contribution in [1.29, 1.82) is 0 Å². The average Bonchev–Trinajstić information content (AvgIpc) is 2.34. The van der Waals surface area contributed by atoms with E-state index in [2.05, 4.69) is 4.74 Å². The molecule has 0 aliphatic rings. The summed E-state index contributed by atoms with van der Waals surface area (Å²) in [5, 5.41) is -4.99. The predicted octanol–water partition coefficient (Wildman–Crippen LogP) is 1.09. The number of halogens is 2. The van der Waals surface area contributed by atoms with Crippen LogP contribution >= 0.6 is 0 Å². The van der Waals surface area contributed by atoms with Crippen molar-refractivity contribution in [3.05, 3.63) is 30.3 Å². The molecule has 19 heavy (non-hydrogen) atoms. The van der Waals surface area contributed by atoms with E-state index in [1.54, 1.807) is 30.3 Å². The second-order valence-electron chi connectivity index (χ2n) is 3.29. The van der Waals surface area contributed by atoms with Gasteiger partial charge in [0.05, 0.1) is 0 Å². The van der Waals surface area contributed by atoms with Crippen molar-refractivity contribution in [2.75, 3.05) is 13.2 Å². The fraction of sp³-hybridized carbons (Fsp3) is 0.300. The maximum atomic E-state index is 12.7. The number of alkyl halides is 2. The quantitative estimate of drug-likeness (QED) is 0.480. The summed E-state index contributed by atoms with van der Waals surface area (Å²) in [6.07, 6.45) is 0. The van der Waals surface area contributed by atoms with Gasteiger partial charge in [-0.25, -0.2) is 4.79 Å². The predicted molar refractivity (Wildman–Crippen MR) is 59.4 cm³/mol. The zero-order valence-corrected chi connectivity index (χ0v) is 10.3. The zero-order valence-electron chi connectivity index (χ0n) is 9.45. The molecule has 0 atom stereocenters. The second-order valence-corrected chi connectivity index (χ2v) is 4.75. The van der Waals surface area contributed by atoms with E-state index in [9.17, 15) is 22.0 Å². The standard InChI is InChI=1S/C10H10F2O6S/c11-10(12,19(14,15)16)9(13)18-7-6-17-8-4-2-1-3-5-8/h1-5H,6-7H2,(H,14,15,16). The number of carbonyl (C=O) groups is 1. The zero-order chi connectivity index (χ0) is 14.5. The molecule has 0 spiro atoms. The van der Waals surface area contributed by atoms with Crippen molar-refractivity contribution in [2.24, 2.45) is 0 Å². The molecule has 1 aromatic rings. The van der Waals surface area contributed by atoms with Crippen LogP contribution in [0.15, 0.2) is 30.3 Å². The molecule has 1 rings (SSSR count). The Bertz CT molecular complexity index is 528. The van der Waals surface area contributed by atoms with E-state index in [0.717, 1.165) is 0 Å². The second kappa shape index (κ2) is 5.93. The van der Waals surface area contributed by atoms with E-state index in [1.165, 1.54) is 0 Å². The summed E-state index contributed by atoms with van der Waals surface area (Å²) in [6.45, 7) is -0.823. The Morgan fingerprint density at radius 3 is 2.32 bits per heavy atom. The van der Waals surface area contributed by atoms with Gasteiger partial charge in [0.25, 0.3) is 0 Å². The third-order valence-corrected chi connectivity index (χ3v) is 2.70. The van der Waals surface area contributed by atoms with Crippen molar-refractivity contribution in [3.63, 3.8) is 0 Å². The highest BCUT2D eigenvalue weighted by atomic mass is 32.2. The van der Waals surface area contributed by atoms with Crippen LogP contribution in [0.25, 0.3) is 0 Å². The first-order valence-corrected chi connectivity index (χ1v) is 6.39. The van der Waals surface area contributed by atoms with Crippen LogP contribution in [-0.2, 0) is 19.6 Å². The summed E-state index contributed by atoms with van der Waals surface area (Å²) in [4.78, 5) is 10.8. The molecule has 0 aromatic heterocycles. The van der Waals surface area contributed by atoms with Crippen LogP contribution in [0.1, 0.15) is 0 Å². The molecule has 0 bridgehead atoms. The van der Waals surface area contributed by atoms with E-state index >= 15 is 0 Å². The number of carbonyl (C=O) groups excluding carboxylic acids is 1. The molecule has 0 radical (unpaired) electrons. The summed E-state index contributed by atoms with van der Waals surface area (Å²) in [6, 6.07) is 8.27. The number of para-hydroxylation sites is 1. The number of ether oxygens (including phenoxy) is 2. The summed E-state index contributed by atoms with van der Waals surface area (Å²) in [5.41, 5.74) is 0. The van der Waals surface area contributed by atoms with Crippen molar-refractivity contribution in [2.45, 2.75) is 5.25 Å². The number of hydrogen-bond acceptors (Lipinski definition) is 5. The van der Waals surface area contributed by atoms with Gasteiger partial charge in [-0.3, -0.25) is 4.55 Å². The van der Waals surface area contributed by atoms with Gasteiger partial charge in [-0.1, -0.05) is 18.2 Å². The highest BCUT2D eigenvalue weighted by molar-refractivity contribution is 7.87. The molecule has 6 nitrogen and oxygen atoms in total. The summed E-state index contributed by atoms with van der Waals surface area (Å²) < 4.78 is 63.0. The summed E-state index contributed by atoms with van der Waals surface area (Å²) in [7, 11) is -5.84. The van der Waals surface area contributed by atoms with Gasteiger partial charge in [0.2, 0.25) is 0 Å². The minimum atomic E-state index is -5.84. The first kappa shape index (κ1) is 15.3. The highest BCUT2D eigenvalue weighted by Gasteiger charge is 2.54. The Labute approximate surface area is 107 Å². The molecule has 0 saturated carbocycles. The van der Waals surface area contributed by atoms with Crippen LogP contribution in [0.5, 0.6) is 5.75 Å². The van der Waals surface area contributed by atoms with Crippen LogP contribution in [0.2, 0.25) is 0 Å². The van der Waals surface area contributed by atoms with Gasteiger partial charge in [-0.15, -0.1) is 0 Å². The summed E-state index contributed by atoms with van der Waals surface area (Å²) >= 11 is 0. The Morgan fingerprint density at radius 1 is 1.21 bits per heavy atom. The Balaban J connectivity index is 2.40. The van der Waals surface area contributed by atoms with E-state index < -0.39 is 27.9 Å². The van der Waals surface area contributed by atoms with Gasteiger partial charge in [-0.05, 0) is 12.1 Å². The molecule has 0 fully saturated rings. The van der Waals surface area contributed by atoms with Crippen molar-refractivity contribution in [1.82, 2.24) is 0 Å². The van der Waals surface area contributed by atoms with Crippen LogP contribution in [0.4, 0.5) is 8.78 Å². The lowest BCUT2D eigenvalue weighted by atomic mass is 10.3. The van der Waals surface area contributed by atoms with Crippen LogP contribution in [-0.4, -0.2) is 37.4 Å². The highest BCUT2D eigenvalue weighted by Crippen LogP contribution is 2.22. The largest absolute Gasteiger partial charge is 0.490 e. The SMILES string of the molecule is O=C(OCCOc1ccccc1)C(F)(F)S(=O)(=O)O. The smallest absolute Gasteiger partial charge is 0.465 e. The van der Waals surface area contributed by atoms with Gasteiger partial charge in [0.1, 0.15) is 19.0 Å². The lowest BCUT2D eigenvalue weighted by Crippen LogP contribution is -2.39. The van der Waals surface area contributed by atoms with Crippen molar-refractivity contribution in [3.8, 4) is 5.75 Å². The van der Waals surface area contributed by atoms with Crippen molar-refractivity contribution < 1.29 is 36.0 Å². The average molecular weight is 296 g/mol. The minimum Gasteiger partial charge on any atom is -0.490 e. The van der Waals surface area contributed by atoms with E-state index in [1.807, 2.05) is 0 Å².